The second-order valence-electron chi connectivity index (χ2n) is 8.04. The zero-order valence-electron chi connectivity index (χ0n) is 13.8. The van der Waals surface area contributed by atoms with Gasteiger partial charge >= 0.3 is 0 Å². The number of halogens is 1. The molecule has 1 aromatic carbocycles. The Morgan fingerprint density at radius 1 is 1.21 bits per heavy atom. The van der Waals surface area contributed by atoms with Gasteiger partial charge in [0.25, 0.3) is 0 Å². The highest BCUT2D eigenvalue weighted by Gasteiger charge is 2.61. The quantitative estimate of drug-likeness (QED) is 0.504. The molecule has 1 aromatic rings. The lowest BCUT2D eigenvalue weighted by Gasteiger charge is -2.52. The summed E-state index contributed by atoms with van der Waals surface area (Å²) in [6.07, 6.45) is 10.3. The predicted molar refractivity (Wildman–Crippen MR) is 88.1 cm³/mol. The molecule has 3 aliphatic carbocycles. The number of hydrogen-bond donors (Lipinski definition) is 3. The lowest BCUT2D eigenvalue weighted by atomic mass is 9.53. The number of terminal acetylenes is 1. The highest BCUT2D eigenvalue weighted by Crippen LogP contribution is 2.64. The zero-order valence-corrected chi connectivity index (χ0v) is 13.8. The van der Waals surface area contributed by atoms with Gasteiger partial charge in [-0.15, -0.1) is 6.42 Å². The maximum atomic E-state index is 14.0. The smallest absolute Gasteiger partial charge is 0.194 e. The van der Waals surface area contributed by atoms with Crippen LogP contribution in [0.1, 0.15) is 56.1 Å². The van der Waals surface area contributed by atoms with E-state index in [-0.39, 0.29) is 17.1 Å². The molecule has 0 spiro atoms. The van der Waals surface area contributed by atoms with E-state index in [0.29, 0.717) is 30.2 Å². The molecule has 4 rings (SSSR count). The minimum atomic E-state index is -1.05. The molecule has 0 radical (unpaired) electrons. The Labute approximate surface area is 141 Å². The van der Waals surface area contributed by atoms with Crippen molar-refractivity contribution in [1.29, 1.82) is 0 Å². The van der Waals surface area contributed by atoms with Crippen LogP contribution in [0.3, 0.4) is 0 Å². The predicted octanol–water partition coefficient (Wildman–Crippen LogP) is 3.46. The van der Waals surface area contributed by atoms with E-state index in [2.05, 4.69) is 12.8 Å². The van der Waals surface area contributed by atoms with Gasteiger partial charge in [0.05, 0.1) is 0 Å². The van der Waals surface area contributed by atoms with Crippen LogP contribution in [0.25, 0.3) is 0 Å². The molecule has 0 aliphatic heterocycles. The van der Waals surface area contributed by atoms with E-state index in [1.54, 1.807) is 0 Å². The summed E-state index contributed by atoms with van der Waals surface area (Å²) in [5.74, 6) is 1.74. The fourth-order valence-corrected chi connectivity index (χ4v) is 5.92. The molecular weight excluding hydrogens is 307 g/mol. The van der Waals surface area contributed by atoms with Gasteiger partial charge in [-0.3, -0.25) is 0 Å². The first-order chi connectivity index (χ1) is 11.3. The minimum absolute atomic E-state index is 0.160. The molecule has 0 saturated heterocycles. The maximum absolute atomic E-state index is 14.0. The lowest BCUT2D eigenvalue weighted by molar-refractivity contribution is -0.0647. The molecule has 128 valence electrons. The number of rotatable bonds is 0. The molecule has 5 atom stereocenters. The molecule has 0 aromatic heterocycles. The van der Waals surface area contributed by atoms with Gasteiger partial charge in [0.1, 0.15) is 5.60 Å². The Morgan fingerprint density at radius 2 is 1.96 bits per heavy atom. The van der Waals surface area contributed by atoms with E-state index in [9.17, 15) is 19.7 Å². The number of benzene rings is 1. The highest BCUT2D eigenvalue weighted by molar-refractivity contribution is 5.52. The first-order valence-corrected chi connectivity index (χ1v) is 8.76. The Hall–Kier alpha value is -1.73. The van der Waals surface area contributed by atoms with Crippen LogP contribution >= 0.6 is 0 Å². The molecule has 0 heterocycles. The van der Waals surface area contributed by atoms with Crippen molar-refractivity contribution < 1.29 is 19.7 Å². The first-order valence-electron chi connectivity index (χ1n) is 8.76. The van der Waals surface area contributed by atoms with E-state index in [0.717, 1.165) is 31.2 Å². The average Bonchev–Trinajstić information content (AvgIpc) is 2.85. The van der Waals surface area contributed by atoms with Crippen LogP contribution in [0.15, 0.2) is 6.07 Å². The molecule has 3 nitrogen and oxygen atoms in total. The monoisotopic (exact) mass is 330 g/mol. The topological polar surface area (TPSA) is 60.7 Å². The van der Waals surface area contributed by atoms with Crippen LogP contribution in [0.5, 0.6) is 11.5 Å². The van der Waals surface area contributed by atoms with Gasteiger partial charge in [-0.25, -0.2) is 4.39 Å². The fourth-order valence-electron chi connectivity index (χ4n) is 5.92. The summed E-state index contributed by atoms with van der Waals surface area (Å²) < 4.78 is 14.0. The second kappa shape index (κ2) is 4.89. The van der Waals surface area contributed by atoms with Crippen molar-refractivity contribution in [2.75, 3.05) is 0 Å². The van der Waals surface area contributed by atoms with E-state index in [1.165, 1.54) is 6.07 Å². The van der Waals surface area contributed by atoms with Crippen molar-refractivity contribution in [1.82, 2.24) is 0 Å². The Balaban J connectivity index is 1.76. The van der Waals surface area contributed by atoms with Crippen LogP contribution in [-0.2, 0) is 6.42 Å². The number of hydrogen-bond acceptors (Lipinski definition) is 3. The first kappa shape index (κ1) is 15.8. The van der Waals surface area contributed by atoms with Crippen molar-refractivity contribution in [2.45, 2.75) is 57.0 Å². The van der Waals surface area contributed by atoms with Crippen molar-refractivity contribution in [3.05, 3.63) is 23.0 Å². The number of aromatic hydroxyl groups is 2. The lowest BCUT2D eigenvalue weighted by Crippen LogP contribution is -2.50. The molecular formula is C20H23FO3. The van der Waals surface area contributed by atoms with Gasteiger partial charge in [0, 0.05) is 11.0 Å². The largest absolute Gasteiger partial charge is 0.504 e. The van der Waals surface area contributed by atoms with Crippen molar-refractivity contribution in [3.8, 4) is 23.8 Å². The van der Waals surface area contributed by atoms with Gasteiger partial charge in [0.15, 0.2) is 17.3 Å². The number of phenols is 2. The summed E-state index contributed by atoms with van der Waals surface area (Å²) >= 11 is 0. The molecule has 2 fully saturated rings. The van der Waals surface area contributed by atoms with E-state index in [1.807, 2.05) is 0 Å². The third kappa shape index (κ3) is 1.77. The third-order valence-electron chi connectivity index (χ3n) is 7.32. The van der Waals surface area contributed by atoms with Crippen LogP contribution in [0.4, 0.5) is 4.39 Å². The van der Waals surface area contributed by atoms with Gasteiger partial charge in [-0.2, -0.15) is 0 Å². The maximum Gasteiger partial charge on any atom is 0.194 e. The number of fused-ring (bicyclic) bond motifs is 5. The summed E-state index contributed by atoms with van der Waals surface area (Å²) in [6.45, 7) is 2.10. The Bertz CT molecular complexity index is 752. The molecule has 2 saturated carbocycles. The van der Waals surface area contributed by atoms with Crippen molar-refractivity contribution in [3.63, 3.8) is 0 Å². The Kier molecular flexibility index (Phi) is 3.22. The van der Waals surface area contributed by atoms with Crippen molar-refractivity contribution >= 4 is 0 Å². The standard InChI is InChI=1S/C20H23FO3/c1-3-20(24)9-7-15-12-4-5-13-14(10-16(21)18(23)17(13)22)11(12)6-8-19(15,20)2/h1,10-12,15,22-24H,4-9H2,2H3/t11-,12+,15-,19-,20-/m0/s1. The molecule has 0 amide bonds. The summed E-state index contributed by atoms with van der Waals surface area (Å²) in [5, 5.41) is 30.7. The molecule has 3 N–H and O–H groups in total. The minimum Gasteiger partial charge on any atom is -0.504 e. The molecule has 0 bridgehead atoms. The van der Waals surface area contributed by atoms with Gasteiger partial charge in [-0.1, -0.05) is 12.8 Å². The number of aliphatic hydroxyl groups is 1. The van der Waals surface area contributed by atoms with Gasteiger partial charge in [-0.05, 0) is 67.9 Å². The second-order valence-corrected chi connectivity index (χ2v) is 8.04. The molecule has 24 heavy (non-hydrogen) atoms. The summed E-state index contributed by atoms with van der Waals surface area (Å²) in [7, 11) is 0. The number of phenolic OH excluding ortho intramolecular Hbond substituents is 2. The van der Waals surface area contributed by atoms with Crippen LogP contribution in [0, 0.1) is 35.4 Å². The van der Waals surface area contributed by atoms with Gasteiger partial charge < -0.3 is 15.3 Å². The average molecular weight is 330 g/mol. The van der Waals surface area contributed by atoms with Crippen LogP contribution in [0.2, 0.25) is 0 Å². The zero-order chi connectivity index (χ0) is 17.3. The third-order valence-corrected chi connectivity index (χ3v) is 7.32. The summed E-state index contributed by atoms with van der Waals surface area (Å²) in [5.41, 5.74) is 0.171. The molecule has 3 aliphatic rings. The van der Waals surface area contributed by atoms with Crippen LogP contribution < -0.4 is 0 Å². The van der Waals surface area contributed by atoms with Crippen molar-refractivity contribution in [2.24, 2.45) is 17.3 Å². The SMILES string of the molecule is C#C[C@]1(O)CC[C@H]2[C@@H]3CCc4c(cc(F)c(O)c4O)[C@H]3CC[C@@]21C. The molecule has 0 unspecified atom stereocenters. The highest BCUT2D eigenvalue weighted by atomic mass is 19.1. The van der Waals surface area contributed by atoms with E-state index < -0.39 is 17.2 Å². The van der Waals surface area contributed by atoms with Crippen LogP contribution in [-0.4, -0.2) is 20.9 Å². The normalized spacial score (nSPS) is 40.3. The van der Waals surface area contributed by atoms with E-state index >= 15 is 0 Å². The van der Waals surface area contributed by atoms with E-state index in [4.69, 9.17) is 6.42 Å². The summed E-state index contributed by atoms with van der Waals surface area (Å²) in [4.78, 5) is 0. The molecule has 4 heteroatoms. The fraction of sp³-hybridized carbons (Fsp3) is 0.600. The summed E-state index contributed by atoms with van der Waals surface area (Å²) in [6, 6.07) is 1.40. The van der Waals surface area contributed by atoms with Gasteiger partial charge in [0.2, 0.25) is 0 Å². The Morgan fingerprint density at radius 3 is 2.67 bits per heavy atom.